The lowest BCUT2D eigenvalue weighted by Crippen LogP contribution is -2.55. The number of rotatable bonds is 8. The Kier molecular flexibility index (Phi) is 8.13. The van der Waals surface area contributed by atoms with Crippen LogP contribution in [0.4, 0.5) is 18.9 Å². The van der Waals surface area contributed by atoms with Crippen molar-refractivity contribution in [3.8, 4) is 23.0 Å². The summed E-state index contributed by atoms with van der Waals surface area (Å²) in [7, 11) is 3.89. The summed E-state index contributed by atoms with van der Waals surface area (Å²) >= 11 is 6.40. The number of hydrogen-bond acceptors (Lipinski definition) is 10. The van der Waals surface area contributed by atoms with E-state index in [2.05, 4.69) is 10.1 Å². The molecule has 3 unspecified atom stereocenters. The molecule has 14 heteroatoms. The maximum atomic E-state index is 13.8. The normalized spacial score (nSPS) is 21.2. The van der Waals surface area contributed by atoms with Crippen molar-refractivity contribution in [3.05, 3.63) is 52.2 Å². The quantitative estimate of drug-likeness (QED) is 0.322. The van der Waals surface area contributed by atoms with Gasteiger partial charge in [-0.2, -0.15) is 13.2 Å². The number of esters is 1. The van der Waals surface area contributed by atoms with Crippen LogP contribution in [-0.2, 0) is 19.9 Å². The fourth-order valence-corrected chi connectivity index (χ4v) is 5.31. The molecule has 1 aliphatic carbocycles. The standard InChI is InChI=1S/C28H27ClF3NO9/c1-6-41-25(36)27(37,28(30,31)32)14-7-8-16(17(10-14)38-3)33-15-9-13(2)26(20(34)11-15)24(35)21-18(39-4)12-19(40-5)22(29)23(21)42-26/h7-8,10-13,33,37H,6,9H2,1-5H3. The Labute approximate surface area is 243 Å². The monoisotopic (exact) mass is 613 g/mol. The van der Waals surface area contributed by atoms with Crippen molar-refractivity contribution in [3.63, 3.8) is 0 Å². The van der Waals surface area contributed by atoms with Crippen molar-refractivity contribution in [2.75, 3.05) is 33.3 Å². The van der Waals surface area contributed by atoms with E-state index >= 15 is 0 Å². The van der Waals surface area contributed by atoms with E-state index in [9.17, 15) is 32.7 Å². The molecule has 0 saturated carbocycles. The first kappa shape index (κ1) is 31.0. The minimum Gasteiger partial charge on any atom is -0.496 e. The highest BCUT2D eigenvalue weighted by molar-refractivity contribution is 6.36. The van der Waals surface area contributed by atoms with Gasteiger partial charge < -0.3 is 34.1 Å². The Morgan fingerprint density at radius 2 is 1.76 bits per heavy atom. The first-order valence-corrected chi connectivity index (χ1v) is 12.9. The van der Waals surface area contributed by atoms with Crippen molar-refractivity contribution in [1.29, 1.82) is 0 Å². The number of ether oxygens (including phenoxy) is 5. The number of hydrogen-bond donors (Lipinski definition) is 2. The van der Waals surface area contributed by atoms with Crippen molar-refractivity contribution in [2.45, 2.75) is 37.6 Å². The van der Waals surface area contributed by atoms with Crippen molar-refractivity contribution in [2.24, 2.45) is 5.92 Å². The summed E-state index contributed by atoms with van der Waals surface area (Å²) in [6, 6.07) is 4.28. The molecule has 0 fully saturated rings. The van der Waals surface area contributed by atoms with Gasteiger partial charge in [-0.15, -0.1) is 0 Å². The number of nitrogens with one attached hydrogen (secondary N) is 1. The molecule has 10 nitrogen and oxygen atoms in total. The molecule has 3 atom stereocenters. The summed E-state index contributed by atoms with van der Waals surface area (Å²) in [5.41, 5.74) is -6.30. The number of fused-ring (bicyclic) bond motifs is 1. The van der Waals surface area contributed by atoms with Gasteiger partial charge in [-0.1, -0.05) is 24.6 Å². The summed E-state index contributed by atoms with van der Waals surface area (Å²) in [6.07, 6.45) is -4.16. The van der Waals surface area contributed by atoms with Gasteiger partial charge in [-0.05, 0) is 25.5 Å². The van der Waals surface area contributed by atoms with Crippen LogP contribution in [0.1, 0.15) is 36.2 Å². The third-order valence-corrected chi connectivity index (χ3v) is 7.56. The molecule has 1 heterocycles. The second-order valence-corrected chi connectivity index (χ2v) is 9.95. The van der Waals surface area contributed by atoms with Gasteiger partial charge in [0.15, 0.2) is 5.75 Å². The summed E-state index contributed by atoms with van der Waals surface area (Å²) in [6.45, 7) is 2.54. The second kappa shape index (κ2) is 11.0. The van der Waals surface area contributed by atoms with E-state index < -0.39 is 46.4 Å². The number of carbonyl (C=O) groups is 3. The lowest BCUT2D eigenvalue weighted by atomic mass is 9.74. The molecule has 226 valence electrons. The lowest BCUT2D eigenvalue weighted by molar-refractivity contribution is -0.267. The van der Waals surface area contributed by atoms with Gasteiger partial charge in [0.1, 0.15) is 27.8 Å². The van der Waals surface area contributed by atoms with Crippen LogP contribution < -0.4 is 24.3 Å². The molecule has 2 aromatic carbocycles. The zero-order chi connectivity index (χ0) is 31.2. The maximum absolute atomic E-state index is 13.8. The van der Waals surface area contributed by atoms with Crippen LogP contribution in [-0.4, -0.2) is 62.4 Å². The minimum atomic E-state index is -5.40. The van der Waals surface area contributed by atoms with Crippen molar-refractivity contribution < 1.29 is 56.3 Å². The molecular weight excluding hydrogens is 587 g/mol. The average molecular weight is 614 g/mol. The topological polar surface area (TPSA) is 130 Å². The smallest absolute Gasteiger partial charge is 0.432 e. The van der Waals surface area contributed by atoms with E-state index in [1.807, 2.05) is 0 Å². The van der Waals surface area contributed by atoms with Crippen molar-refractivity contribution >= 4 is 34.8 Å². The molecular formula is C28H27ClF3NO9. The Hall–Kier alpha value is -3.97. The number of halogens is 4. The molecule has 2 aliphatic rings. The van der Waals surface area contributed by atoms with Crippen LogP contribution in [0.5, 0.6) is 23.0 Å². The molecule has 0 amide bonds. The Balaban J connectivity index is 1.68. The average Bonchev–Trinajstić information content (AvgIpc) is 3.26. The molecule has 2 N–H and O–H groups in total. The number of allylic oxidation sites excluding steroid dienone is 1. The van der Waals surface area contributed by atoms with Crippen LogP contribution >= 0.6 is 11.6 Å². The van der Waals surface area contributed by atoms with Gasteiger partial charge in [-0.3, -0.25) is 9.59 Å². The van der Waals surface area contributed by atoms with Crippen LogP contribution in [0.25, 0.3) is 0 Å². The summed E-state index contributed by atoms with van der Waals surface area (Å²) in [5, 5.41) is 13.3. The molecule has 0 aromatic heterocycles. The first-order valence-electron chi connectivity index (χ1n) is 12.6. The van der Waals surface area contributed by atoms with Gasteiger partial charge in [0.25, 0.3) is 5.60 Å². The highest BCUT2D eigenvalue weighted by atomic mass is 35.5. The second-order valence-electron chi connectivity index (χ2n) is 9.57. The zero-order valence-corrected chi connectivity index (χ0v) is 23.9. The van der Waals surface area contributed by atoms with Crippen LogP contribution in [0.2, 0.25) is 5.02 Å². The van der Waals surface area contributed by atoms with Gasteiger partial charge in [0, 0.05) is 29.3 Å². The number of alkyl halides is 3. The largest absolute Gasteiger partial charge is 0.496 e. The molecule has 1 spiro atoms. The number of anilines is 1. The van der Waals surface area contributed by atoms with E-state index in [1.54, 1.807) is 6.92 Å². The van der Waals surface area contributed by atoms with E-state index in [4.69, 9.17) is 30.5 Å². The van der Waals surface area contributed by atoms with Gasteiger partial charge in [-0.25, -0.2) is 4.79 Å². The number of carbonyl (C=O) groups excluding carboxylic acids is 3. The number of aliphatic hydroxyl groups is 1. The predicted molar refractivity (Wildman–Crippen MR) is 142 cm³/mol. The van der Waals surface area contributed by atoms with Gasteiger partial charge in [0.2, 0.25) is 17.2 Å². The Morgan fingerprint density at radius 3 is 2.31 bits per heavy atom. The summed E-state index contributed by atoms with van der Waals surface area (Å²) in [4.78, 5) is 39.4. The lowest BCUT2D eigenvalue weighted by Gasteiger charge is -2.35. The van der Waals surface area contributed by atoms with Gasteiger partial charge >= 0.3 is 12.1 Å². The number of ketones is 2. The van der Waals surface area contributed by atoms with Crippen molar-refractivity contribution in [1.82, 2.24) is 0 Å². The van der Waals surface area contributed by atoms with E-state index in [0.717, 1.165) is 24.3 Å². The third kappa shape index (κ3) is 4.60. The number of Topliss-reactive ketones (excluding diaryl/α,β-unsaturated/α-hetero) is 1. The molecule has 0 saturated heterocycles. The van der Waals surface area contributed by atoms with Crippen LogP contribution in [0.15, 0.2) is 36.0 Å². The Bertz CT molecular complexity index is 1490. The SMILES string of the molecule is CCOC(=O)C(O)(c1ccc(NC2=CC(=O)C3(Oc4c(Cl)c(OC)cc(OC)c4C3=O)C(C)C2)c(OC)c1)C(F)(F)F. The zero-order valence-electron chi connectivity index (χ0n) is 23.1. The summed E-state index contributed by atoms with van der Waals surface area (Å²) < 4.78 is 67.7. The van der Waals surface area contributed by atoms with Crippen LogP contribution in [0.3, 0.4) is 0 Å². The maximum Gasteiger partial charge on any atom is 0.432 e. The predicted octanol–water partition coefficient (Wildman–Crippen LogP) is 4.60. The fraction of sp³-hybridized carbons (Fsp3) is 0.393. The van der Waals surface area contributed by atoms with E-state index in [1.165, 1.54) is 34.3 Å². The number of methoxy groups -OCH3 is 3. The molecule has 1 aliphatic heterocycles. The van der Waals surface area contributed by atoms with Gasteiger partial charge in [0.05, 0.1) is 33.6 Å². The highest BCUT2D eigenvalue weighted by Gasteiger charge is 2.63. The molecule has 42 heavy (non-hydrogen) atoms. The molecule has 0 radical (unpaired) electrons. The minimum absolute atomic E-state index is 0.00196. The molecule has 0 bridgehead atoms. The van der Waals surface area contributed by atoms with E-state index in [0.29, 0.717) is 5.70 Å². The summed E-state index contributed by atoms with van der Waals surface area (Å²) in [5.74, 6) is -3.89. The highest BCUT2D eigenvalue weighted by Crippen LogP contribution is 2.53. The van der Waals surface area contributed by atoms with Crippen LogP contribution in [0, 0.1) is 5.92 Å². The molecule has 4 rings (SSSR count). The number of benzene rings is 2. The first-order chi connectivity index (χ1) is 19.7. The Morgan fingerprint density at radius 1 is 1.12 bits per heavy atom. The third-order valence-electron chi connectivity index (χ3n) is 7.21. The van der Waals surface area contributed by atoms with E-state index in [-0.39, 0.29) is 52.3 Å². The fourth-order valence-electron chi connectivity index (χ4n) is 5.04. The molecule has 2 aromatic rings.